The molecule has 0 aromatic heterocycles. The van der Waals surface area contributed by atoms with Crippen LogP contribution in [0.2, 0.25) is 5.02 Å². The molecule has 0 bridgehead atoms. The van der Waals surface area contributed by atoms with E-state index in [1.165, 1.54) is 32.1 Å². The van der Waals surface area contributed by atoms with Gasteiger partial charge in [0.05, 0.1) is 19.8 Å². The average molecular weight is 510 g/mol. The fourth-order valence-corrected chi connectivity index (χ4v) is 5.84. The highest BCUT2D eigenvalue weighted by Crippen LogP contribution is 2.37. The van der Waals surface area contributed by atoms with Gasteiger partial charge >= 0.3 is 6.03 Å². The summed E-state index contributed by atoms with van der Waals surface area (Å²) in [5.74, 6) is 0.526. The summed E-state index contributed by atoms with van der Waals surface area (Å²) in [6.45, 7) is 2.90. The topological polar surface area (TPSA) is 83.1 Å². The van der Waals surface area contributed by atoms with Gasteiger partial charge in [-0.05, 0) is 49.9 Å². The lowest BCUT2D eigenvalue weighted by Crippen LogP contribution is -2.54. The van der Waals surface area contributed by atoms with E-state index in [0.717, 1.165) is 31.4 Å². The number of likely N-dealkylation sites (N-methyl/N-ethyl adjacent to an activating group) is 1. The predicted octanol–water partition coefficient (Wildman–Crippen LogP) is 4.17. The molecule has 1 aliphatic heterocycles. The molecule has 1 saturated heterocycles. The number of methoxy groups -OCH3 is 1. The van der Waals surface area contributed by atoms with Gasteiger partial charge in [-0.25, -0.2) is 4.79 Å². The number of hydrogen-bond acceptors (Lipinski definition) is 5. The van der Waals surface area contributed by atoms with Crippen LogP contribution in [0.3, 0.4) is 0 Å². The van der Waals surface area contributed by atoms with Gasteiger partial charge < -0.3 is 30.1 Å². The fourth-order valence-electron chi connectivity index (χ4n) is 5.65. The van der Waals surface area contributed by atoms with E-state index in [4.69, 9.17) is 21.1 Å². The predicted molar refractivity (Wildman–Crippen MR) is 140 cm³/mol. The number of piperidine rings is 1. The Morgan fingerprint density at radius 1 is 1.23 bits per heavy atom. The minimum Gasteiger partial charge on any atom is -0.382 e. The van der Waals surface area contributed by atoms with E-state index in [1.54, 1.807) is 19.2 Å². The second-order valence-electron chi connectivity index (χ2n) is 10.2. The monoisotopic (exact) mass is 509 g/mol. The number of carbonyl (C=O) groups is 1. The van der Waals surface area contributed by atoms with E-state index in [2.05, 4.69) is 10.6 Å². The molecule has 1 aliphatic carbocycles. The van der Waals surface area contributed by atoms with Crippen LogP contribution in [0.4, 0.5) is 4.79 Å². The van der Waals surface area contributed by atoms with Crippen LogP contribution in [0.1, 0.15) is 56.9 Å². The molecule has 0 radical (unpaired) electrons. The molecule has 3 N–H and O–H groups in total. The molecule has 198 valence electrons. The van der Waals surface area contributed by atoms with Gasteiger partial charge in [-0.15, -0.1) is 0 Å². The van der Waals surface area contributed by atoms with Crippen molar-refractivity contribution in [2.75, 3.05) is 53.6 Å². The Morgan fingerprint density at radius 2 is 2.03 bits per heavy atom. The Labute approximate surface area is 215 Å². The van der Waals surface area contributed by atoms with Crippen molar-refractivity contribution in [1.29, 1.82) is 0 Å². The molecule has 8 heteroatoms. The molecule has 7 nitrogen and oxygen atoms in total. The molecule has 3 atom stereocenters. The number of ether oxygens (including phenoxy) is 2. The van der Waals surface area contributed by atoms with E-state index in [1.807, 2.05) is 24.1 Å². The molecule has 1 saturated carbocycles. The number of benzene rings is 1. The summed E-state index contributed by atoms with van der Waals surface area (Å²) in [5, 5.41) is 19.0. The third-order valence-electron chi connectivity index (χ3n) is 7.58. The largest absolute Gasteiger partial charge is 0.382 e. The standard InChI is InChI=1S/C27H44ClN3O4/c1-29-18-25(16-21-8-4-3-5-9-21)30-26(32)31-13-7-11-23(19-31)27(33,20-35-15-14-34-2)22-10-6-12-24(28)17-22/h6,10,12,17,21,23,25,29,33H,3-5,7-9,11,13-16,18-20H2,1-2H3,(H,30,32)/t23-,25+,27+/m1/s1. The third kappa shape index (κ3) is 8.32. The number of rotatable bonds is 12. The van der Waals surface area contributed by atoms with Gasteiger partial charge in [0.2, 0.25) is 0 Å². The smallest absolute Gasteiger partial charge is 0.317 e. The molecule has 35 heavy (non-hydrogen) atoms. The number of aliphatic hydroxyl groups is 1. The van der Waals surface area contributed by atoms with Gasteiger partial charge in [-0.3, -0.25) is 0 Å². The molecule has 1 aromatic carbocycles. The summed E-state index contributed by atoms with van der Waals surface area (Å²) in [6, 6.07) is 7.40. The van der Waals surface area contributed by atoms with Gasteiger partial charge in [0.1, 0.15) is 5.60 Å². The molecule has 0 unspecified atom stereocenters. The number of nitrogens with one attached hydrogen (secondary N) is 2. The van der Waals surface area contributed by atoms with Gasteiger partial charge in [0, 0.05) is 43.7 Å². The minimum absolute atomic E-state index is 0.0421. The van der Waals surface area contributed by atoms with Gasteiger partial charge in [0.15, 0.2) is 0 Å². The lowest BCUT2D eigenvalue weighted by Gasteiger charge is -2.43. The molecule has 0 spiro atoms. The van der Waals surface area contributed by atoms with Crippen LogP contribution in [-0.4, -0.2) is 75.7 Å². The number of amides is 2. The maximum absolute atomic E-state index is 13.3. The Morgan fingerprint density at radius 3 is 2.74 bits per heavy atom. The number of urea groups is 1. The van der Waals surface area contributed by atoms with Crippen LogP contribution in [0.5, 0.6) is 0 Å². The molecule has 2 aliphatic rings. The third-order valence-corrected chi connectivity index (χ3v) is 7.82. The maximum Gasteiger partial charge on any atom is 0.317 e. The number of hydrogen-bond donors (Lipinski definition) is 3. The lowest BCUT2D eigenvalue weighted by molar-refractivity contribution is -0.108. The summed E-state index contributed by atoms with van der Waals surface area (Å²) in [6.07, 6.45) is 9.11. The second-order valence-corrected chi connectivity index (χ2v) is 10.6. The molecule has 1 aromatic rings. The Balaban J connectivity index is 1.67. The first-order valence-electron chi connectivity index (χ1n) is 13.2. The summed E-state index contributed by atoms with van der Waals surface area (Å²) in [5.41, 5.74) is -0.524. The van der Waals surface area contributed by atoms with E-state index in [0.29, 0.717) is 37.2 Å². The average Bonchev–Trinajstić information content (AvgIpc) is 2.87. The van der Waals surface area contributed by atoms with Gasteiger partial charge in [0.25, 0.3) is 0 Å². The number of likely N-dealkylation sites (tertiary alicyclic amines) is 1. The zero-order chi connectivity index (χ0) is 25.1. The Hall–Kier alpha value is -1.38. The SMILES string of the molecule is CNC[C@H](CC1CCCCC1)NC(=O)N1CCC[C@@H]([C@](O)(COCCOC)c2cccc(Cl)c2)C1. The highest BCUT2D eigenvalue weighted by Gasteiger charge is 2.42. The Bertz CT molecular complexity index is 777. The van der Waals surface area contributed by atoms with Crippen LogP contribution in [0.25, 0.3) is 0 Å². The summed E-state index contributed by atoms with van der Waals surface area (Å²) in [4.78, 5) is 15.2. The molecular weight excluding hydrogens is 466 g/mol. The molecular formula is C27H44ClN3O4. The van der Waals surface area contributed by atoms with Crippen molar-refractivity contribution < 1.29 is 19.4 Å². The van der Waals surface area contributed by atoms with Crippen molar-refractivity contribution in [3.63, 3.8) is 0 Å². The van der Waals surface area contributed by atoms with E-state index >= 15 is 0 Å². The minimum atomic E-state index is -1.25. The quantitative estimate of drug-likeness (QED) is 0.368. The van der Waals surface area contributed by atoms with E-state index in [-0.39, 0.29) is 24.6 Å². The first kappa shape index (κ1) is 28.2. The molecule has 1 heterocycles. The first-order valence-corrected chi connectivity index (χ1v) is 13.6. The molecule has 2 amide bonds. The van der Waals surface area contributed by atoms with E-state index in [9.17, 15) is 9.90 Å². The summed E-state index contributed by atoms with van der Waals surface area (Å²) in [7, 11) is 3.56. The lowest BCUT2D eigenvalue weighted by atomic mass is 9.77. The highest BCUT2D eigenvalue weighted by atomic mass is 35.5. The number of halogens is 1. The van der Waals surface area contributed by atoms with Gasteiger partial charge in [-0.2, -0.15) is 0 Å². The summed E-state index contributed by atoms with van der Waals surface area (Å²) >= 11 is 6.27. The van der Waals surface area contributed by atoms with Crippen LogP contribution in [0, 0.1) is 11.8 Å². The van der Waals surface area contributed by atoms with Crippen molar-refractivity contribution in [3.8, 4) is 0 Å². The van der Waals surface area contributed by atoms with Crippen LogP contribution >= 0.6 is 11.6 Å². The van der Waals surface area contributed by atoms with Crippen LogP contribution in [0.15, 0.2) is 24.3 Å². The highest BCUT2D eigenvalue weighted by molar-refractivity contribution is 6.30. The van der Waals surface area contributed by atoms with Crippen molar-refractivity contribution in [3.05, 3.63) is 34.9 Å². The van der Waals surface area contributed by atoms with Crippen LogP contribution in [-0.2, 0) is 15.1 Å². The zero-order valence-electron chi connectivity index (χ0n) is 21.4. The second kappa shape index (κ2) is 14.4. The summed E-state index contributed by atoms with van der Waals surface area (Å²) < 4.78 is 10.9. The molecule has 2 fully saturated rings. The van der Waals surface area contributed by atoms with Gasteiger partial charge in [-0.1, -0.05) is 55.8 Å². The van der Waals surface area contributed by atoms with Crippen molar-refractivity contribution in [2.24, 2.45) is 11.8 Å². The van der Waals surface area contributed by atoms with Crippen molar-refractivity contribution >= 4 is 17.6 Å². The van der Waals surface area contributed by atoms with Crippen molar-refractivity contribution in [1.82, 2.24) is 15.5 Å². The first-order chi connectivity index (χ1) is 17.0. The van der Waals surface area contributed by atoms with E-state index < -0.39 is 5.60 Å². The zero-order valence-corrected chi connectivity index (χ0v) is 22.2. The number of nitrogens with zero attached hydrogens (tertiary/aromatic N) is 1. The molecule has 3 rings (SSSR count). The van der Waals surface area contributed by atoms with Crippen molar-refractivity contribution in [2.45, 2.75) is 63.0 Å². The number of carbonyl (C=O) groups excluding carboxylic acids is 1. The Kier molecular flexibility index (Phi) is 11.6. The van der Waals surface area contributed by atoms with Crippen LogP contribution < -0.4 is 10.6 Å². The maximum atomic E-state index is 13.3. The fraction of sp³-hybridized carbons (Fsp3) is 0.741. The normalized spacial score (nSPS) is 21.9.